The molecule has 1 atom stereocenters. The monoisotopic (exact) mass is 386 g/mol. The predicted octanol–water partition coefficient (Wildman–Crippen LogP) is 2.70. The molecule has 2 N–H and O–H groups in total. The normalized spacial score (nSPS) is 18.6. The molecular weight excluding hydrogens is 364 g/mol. The van der Waals surface area contributed by atoms with Crippen LogP contribution in [0.2, 0.25) is 0 Å². The highest BCUT2D eigenvalue weighted by molar-refractivity contribution is 5.93. The number of carbonyl (C=O) groups excluding carboxylic acids is 2. The Labute approximate surface area is 169 Å². The van der Waals surface area contributed by atoms with Gasteiger partial charge in [-0.15, -0.1) is 0 Å². The highest BCUT2D eigenvalue weighted by Crippen LogP contribution is 2.37. The first kappa shape index (κ1) is 18.8. The Balaban J connectivity index is 1.62. The van der Waals surface area contributed by atoms with Crippen molar-refractivity contribution >= 4 is 11.8 Å². The highest BCUT2D eigenvalue weighted by atomic mass is 16.2. The molecule has 3 aromatic rings. The number of nitrogens with zero attached hydrogens (tertiary/aromatic N) is 3. The molecular formula is C23H22N4O2. The Morgan fingerprint density at radius 3 is 2.48 bits per heavy atom. The van der Waals surface area contributed by atoms with E-state index in [0.29, 0.717) is 31.6 Å². The van der Waals surface area contributed by atoms with Gasteiger partial charge in [0.15, 0.2) is 0 Å². The van der Waals surface area contributed by atoms with Gasteiger partial charge in [-0.3, -0.25) is 19.6 Å². The molecule has 146 valence electrons. The summed E-state index contributed by atoms with van der Waals surface area (Å²) < 4.78 is 0. The molecule has 0 spiro atoms. The lowest BCUT2D eigenvalue weighted by Gasteiger charge is -2.27. The Morgan fingerprint density at radius 2 is 1.76 bits per heavy atom. The van der Waals surface area contributed by atoms with Crippen LogP contribution < -0.4 is 5.73 Å². The molecule has 6 heteroatoms. The van der Waals surface area contributed by atoms with Gasteiger partial charge < -0.3 is 10.6 Å². The van der Waals surface area contributed by atoms with Crippen LogP contribution in [0.25, 0.3) is 11.1 Å². The van der Waals surface area contributed by atoms with Crippen LogP contribution in [0.3, 0.4) is 0 Å². The van der Waals surface area contributed by atoms with Crippen molar-refractivity contribution in [2.75, 3.05) is 13.1 Å². The van der Waals surface area contributed by atoms with E-state index in [2.05, 4.69) is 9.97 Å². The summed E-state index contributed by atoms with van der Waals surface area (Å²) >= 11 is 0. The van der Waals surface area contributed by atoms with Gasteiger partial charge in [0.1, 0.15) is 5.69 Å². The number of pyridine rings is 2. The second-order valence-electron chi connectivity index (χ2n) is 7.41. The minimum absolute atomic E-state index is 0.170. The summed E-state index contributed by atoms with van der Waals surface area (Å²) in [4.78, 5) is 35.2. The molecule has 0 radical (unpaired) electrons. The van der Waals surface area contributed by atoms with E-state index < -0.39 is 5.41 Å². The third-order valence-corrected chi connectivity index (χ3v) is 5.59. The predicted molar refractivity (Wildman–Crippen MR) is 110 cm³/mol. The SMILES string of the molecule is NC(=O)[C@@]1(Cc2ccccc2-c2ccncc2)CCN(C(=O)c2ccccn2)C1. The number of likely N-dealkylation sites (tertiary alicyclic amines) is 1. The highest BCUT2D eigenvalue weighted by Gasteiger charge is 2.45. The molecule has 29 heavy (non-hydrogen) atoms. The summed E-state index contributed by atoms with van der Waals surface area (Å²) in [6.45, 7) is 0.776. The molecule has 0 unspecified atom stereocenters. The summed E-state index contributed by atoms with van der Waals surface area (Å²) in [6.07, 6.45) is 6.10. The van der Waals surface area contributed by atoms with Gasteiger partial charge in [0.25, 0.3) is 5.91 Å². The molecule has 2 amide bonds. The van der Waals surface area contributed by atoms with E-state index in [1.54, 1.807) is 41.7 Å². The van der Waals surface area contributed by atoms with Crippen molar-refractivity contribution < 1.29 is 9.59 Å². The first-order valence-corrected chi connectivity index (χ1v) is 9.58. The lowest BCUT2D eigenvalue weighted by atomic mass is 9.78. The molecule has 1 aromatic carbocycles. The fourth-order valence-electron chi connectivity index (χ4n) is 3.98. The Hall–Kier alpha value is -3.54. The summed E-state index contributed by atoms with van der Waals surface area (Å²) in [7, 11) is 0. The number of carbonyl (C=O) groups is 2. The van der Waals surface area contributed by atoms with E-state index in [0.717, 1.165) is 16.7 Å². The van der Waals surface area contributed by atoms with Gasteiger partial charge in [0, 0.05) is 31.7 Å². The molecule has 1 aliphatic rings. The van der Waals surface area contributed by atoms with Crippen molar-refractivity contribution in [1.82, 2.24) is 14.9 Å². The standard InChI is InChI=1S/C23H22N4O2/c24-22(29)23(10-14-27(16-23)21(28)20-7-3-4-11-26-20)15-18-5-1-2-6-19(18)17-8-12-25-13-9-17/h1-9,11-13H,10,14-16H2,(H2,24,29)/t23-/m1/s1. The fourth-order valence-corrected chi connectivity index (χ4v) is 3.98. The van der Waals surface area contributed by atoms with Crippen molar-refractivity contribution in [2.24, 2.45) is 11.1 Å². The average Bonchev–Trinajstić information content (AvgIpc) is 3.20. The lowest BCUT2D eigenvalue weighted by molar-refractivity contribution is -0.126. The molecule has 3 heterocycles. The van der Waals surface area contributed by atoms with Gasteiger partial charge in [0.2, 0.25) is 5.91 Å². The molecule has 0 bridgehead atoms. The van der Waals surface area contributed by atoms with Crippen molar-refractivity contribution in [3.63, 3.8) is 0 Å². The van der Waals surface area contributed by atoms with E-state index in [1.807, 2.05) is 36.4 Å². The number of amides is 2. The Morgan fingerprint density at radius 1 is 1.00 bits per heavy atom. The minimum atomic E-state index is -0.798. The molecule has 6 nitrogen and oxygen atoms in total. The van der Waals surface area contributed by atoms with Crippen LogP contribution >= 0.6 is 0 Å². The number of benzene rings is 1. The maximum Gasteiger partial charge on any atom is 0.272 e. The second kappa shape index (κ2) is 7.83. The molecule has 0 aliphatic carbocycles. The molecule has 4 rings (SSSR count). The average molecular weight is 386 g/mol. The van der Waals surface area contributed by atoms with Crippen LogP contribution in [0.4, 0.5) is 0 Å². The lowest BCUT2D eigenvalue weighted by Crippen LogP contribution is -2.42. The van der Waals surface area contributed by atoms with Gasteiger partial charge >= 0.3 is 0 Å². The van der Waals surface area contributed by atoms with Crippen molar-refractivity contribution in [3.05, 3.63) is 84.4 Å². The first-order chi connectivity index (χ1) is 14.1. The summed E-state index contributed by atoms with van der Waals surface area (Å²) in [5.74, 6) is -0.547. The molecule has 0 saturated carbocycles. The number of nitrogens with two attached hydrogens (primary N) is 1. The van der Waals surface area contributed by atoms with Crippen molar-refractivity contribution in [2.45, 2.75) is 12.8 Å². The number of primary amides is 1. The quantitative estimate of drug-likeness (QED) is 0.730. The summed E-state index contributed by atoms with van der Waals surface area (Å²) in [5, 5.41) is 0. The Kier molecular flexibility index (Phi) is 5.08. The third-order valence-electron chi connectivity index (χ3n) is 5.59. The maximum atomic E-state index is 12.8. The van der Waals surface area contributed by atoms with Crippen LogP contribution in [-0.4, -0.2) is 39.8 Å². The largest absolute Gasteiger partial charge is 0.369 e. The zero-order chi connectivity index (χ0) is 20.3. The zero-order valence-electron chi connectivity index (χ0n) is 16.0. The van der Waals surface area contributed by atoms with E-state index >= 15 is 0 Å². The Bertz CT molecular complexity index is 1020. The maximum absolute atomic E-state index is 12.8. The first-order valence-electron chi connectivity index (χ1n) is 9.58. The minimum Gasteiger partial charge on any atom is -0.369 e. The topological polar surface area (TPSA) is 89.2 Å². The number of hydrogen-bond acceptors (Lipinski definition) is 4. The molecule has 1 aliphatic heterocycles. The van der Waals surface area contributed by atoms with Gasteiger partial charge in [-0.25, -0.2) is 0 Å². The van der Waals surface area contributed by atoms with Crippen molar-refractivity contribution in [3.8, 4) is 11.1 Å². The van der Waals surface area contributed by atoms with Gasteiger partial charge in [-0.05, 0) is 53.8 Å². The van der Waals surface area contributed by atoms with Crippen LogP contribution in [0.15, 0.2) is 73.2 Å². The third kappa shape index (κ3) is 3.74. The van der Waals surface area contributed by atoms with E-state index in [-0.39, 0.29) is 11.8 Å². The smallest absolute Gasteiger partial charge is 0.272 e. The second-order valence-corrected chi connectivity index (χ2v) is 7.41. The van der Waals surface area contributed by atoms with Crippen molar-refractivity contribution in [1.29, 1.82) is 0 Å². The van der Waals surface area contributed by atoms with Gasteiger partial charge in [-0.1, -0.05) is 30.3 Å². The molecule has 1 saturated heterocycles. The van der Waals surface area contributed by atoms with E-state index in [4.69, 9.17) is 5.73 Å². The van der Waals surface area contributed by atoms with Crippen LogP contribution in [0, 0.1) is 5.41 Å². The summed E-state index contributed by atoms with van der Waals surface area (Å²) in [5.41, 5.74) is 8.56. The number of aromatic nitrogens is 2. The molecule has 2 aromatic heterocycles. The summed E-state index contributed by atoms with van der Waals surface area (Å²) in [6, 6.07) is 17.1. The van der Waals surface area contributed by atoms with E-state index in [9.17, 15) is 9.59 Å². The zero-order valence-corrected chi connectivity index (χ0v) is 16.0. The number of hydrogen-bond donors (Lipinski definition) is 1. The van der Waals surface area contributed by atoms with Gasteiger partial charge in [0.05, 0.1) is 5.41 Å². The van der Waals surface area contributed by atoms with Crippen LogP contribution in [0.5, 0.6) is 0 Å². The van der Waals surface area contributed by atoms with Crippen LogP contribution in [0.1, 0.15) is 22.5 Å². The molecule has 1 fully saturated rings. The fraction of sp³-hybridized carbons (Fsp3) is 0.217. The van der Waals surface area contributed by atoms with Crippen LogP contribution in [-0.2, 0) is 11.2 Å². The van der Waals surface area contributed by atoms with E-state index in [1.165, 1.54) is 0 Å². The number of rotatable bonds is 5. The van der Waals surface area contributed by atoms with Gasteiger partial charge in [-0.2, -0.15) is 0 Å².